The number of hydrogen-bond acceptors (Lipinski definition) is 13. The molecule has 2 fully saturated rings. The first kappa shape index (κ1) is 58.5. The smallest absolute Gasteiger partial charge is 0.326 e. The second-order valence-electron chi connectivity index (χ2n) is 18.4. The summed E-state index contributed by atoms with van der Waals surface area (Å²) < 4.78 is 0. The summed E-state index contributed by atoms with van der Waals surface area (Å²) in [7, 11) is 0. The van der Waals surface area contributed by atoms with Gasteiger partial charge in [-0.1, -0.05) is 41.5 Å². The Hall–Kier alpha value is -6.60. The number of carbonyl (C=O) groups excluding carboxylic acids is 9. The lowest BCUT2D eigenvalue weighted by molar-refractivity contribution is -0.148. The molecule has 0 aromatic carbocycles. The number of aliphatic imine (C=N–C) groups is 1. The van der Waals surface area contributed by atoms with Gasteiger partial charge in [0.05, 0.1) is 13.0 Å². The number of aliphatic carboxylic acids is 2. The summed E-state index contributed by atoms with van der Waals surface area (Å²) in [6.07, 6.45) is -0.175. The molecule has 26 heteroatoms. The van der Waals surface area contributed by atoms with Crippen molar-refractivity contribution in [1.29, 1.82) is 0 Å². The number of hydrogen-bond donors (Lipinski definition) is 12. The zero-order valence-corrected chi connectivity index (χ0v) is 40.3. The predicted molar refractivity (Wildman–Crippen MR) is 247 cm³/mol. The molecule has 0 bridgehead atoms. The first-order valence-corrected chi connectivity index (χ1v) is 23.2. The van der Waals surface area contributed by atoms with Gasteiger partial charge in [-0.2, -0.15) is 0 Å². The Kier molecular flexibility index (Phi) is 23.8. The number of amides is 9. The van der Waals surface area contributed by atoms with Crippen LogP contribution in [0.25, 0.3) is 0 Å². The van der Waals surface area contributed by atoms with E-state index in [9.17, 15) is 63.0 Å². The number of primary amides is 1. The second-order valence-corrected chi connectivity index (χ2v) is 18.4. The summed E-state index contributed by atoms with van der Waals surface area (Å²) >= 11 is 0. The van der Waals surface area contributed by atoms with Crippen molar-refractivity contribution in [2.24, 2.45) is 45.7 Å². The van der Waals surface area contributed by atoms with E-state index in [1.54, 1.807) is 13.8 Å². The molecule has 0 unspecified atom stereocenters. The van der Waals surface area contributed by atoms with Crippen LogP contribution in [0.2, 0.25) is 0 Å². The minimum absolute atomic E-state index is 0.00438. The maximum Gasteiger partial charge on any atom is 0.326 e. The highest BCUT2D eigenvalue weighted by Gasteiger charge is 2.44. The third-order valence-electron chi connectivity index (χ3n) is 11.6. The summed E-state index contributed by atoms with van der Waals surface area (Å²) in [6, 6.07) is -10.6. The Morgan fingerprint density at radius 3 is 1.71 bits per heavy atom. The maximum atomic E-state index is 14.1. The highest BCUT2D eigenvalue weighted by molar-refractivity contribution is 5.99. The van der Waals surface area contributed by atoms with E-state index in [4.69, 9.17) is 22.9 Å². The fourth-order valence-electron chi connectivity index (χ4n) is 8.00. The maximum absolute atomic E-state index is 14.1. The van der Waals surface area contributed by atoms with Crippen LogP contribution in [-0.4, -0.2) is 166 Å². The largest absolute Gasteiger partial charge is 0.481 e. The average Bonchev–Trinajstić information content (AvgIpc) is 3.96. The molecule has 0 spiro atoms. The van der Waals surface area contributed by atoms with Gasteiger partial charge in [-0.3, -0.25) is 52.9 Å². The van der Waals surface area contributed by atoms with Crippen LogP contribution in [0, 0.1) is 17.8 Å². The lowest BCUT2D eigenvalue weighted by atomic mass is 10.0. The molecule has 0 aromatic heterocycles. The molecule has 388 valence electrons. The van der Waals surface area contributed by atoms with Crippen molar-refractivity contribution >= 4 is 71.1 Å². The molecule has 2 saturated heterocycles. The normalized spacial score (nSPS) is 18.2. The molecule has 16 N–H and O–H groups in total. The number of nitrogens with one attached hydrogen (secondary N) is 6. The molecule has 0 aliphatic carbocycles. The van der Waals surface area contributed by atoms with Crippen molar-refractivity contribution in [2.45, 2.75) is 154 Å². The summed E-state index contributed by atoms with van der Waals surface area (Å²) in [6.45, 7) is 9.94. The molecule has 8 atom stereocenters. The van der Waals surface area contributed by atoms with E-state index in [2.05, 4.69) is 36.9 Å². The van der Waals surface area contributed by atoms with Crippen LogP contribution >= 0.6 is 0 Å². The summed E-state index contributed by atoms with van der Waals surface area (Å²) in [5.74, 6) is -11.6. The molecule has 9 amide bonds. The SMILES string of the molecule is CC(C)C[C@H](NC(=O)CN)C(=O)N1CCC[C@H]1C(=O)N1CCC[C@H]1C(=O)N[C@@H](CC(=O)O)C(=O)N[C@H](C(=O)N[C@@H](CCC(N)=O)C(=O)N[C@@H](CCCN=C(N)N)C(=O)N[C@H](C(=O)O)C(C)C)C(C)C. The zero-order chi connectivity index (χ0) is 52.3. The van der Waals surface area contributed by atoms with E-state index in [0.29, 0.717) is 12.8 Å². The third kappa shape index (κ3) is 18.8. The minimum Gasteiger partial charge on any atom is -0.481 e. The number of nitrogens with two attached hydrogens (primary N) is 4. The highest BCUT2D eigenvalue weighted by Crippen LogP contribution is 2.26. The van der Waals surface area contributed by atoms with Gasteiger partial charge in [-0.15, -0.1) is 0 Å². The highest BCUT2D eigenvalue weighted by atomic mass is 16.4. The molecular formula is C43H73N13O13. The second kappa shape index (κ2) is 28.0. The molecular weight excluding hydrogens is 907 g/mol. The number of carboxylic acid groups (broad SMARTS) is 2. The van der Waals surface area contributed by atoms with Gasteiger partial charge in [0, 0.05) is 26.1 Å². The number of rotatable bonds is 28. The summed E-state index contributed by atoms with van der Waals surface area (Å²) in [4.78, 5) is 151. The van der Waals surface area contributed by atoms with Gasteiger partial charge >= 0.3 is 11.9 Å². The van der Waals surface area contributed by atoms with Crippen molar-refractivity contribution in [3.63, 3.8) is 0 Å². The number of carboxylic acids is 2. The Bertz CT molecular complexity index is 1910. The van der Waals surface area contributed by atoms with Crippen LogP contribution in [0.1, 0.15) is 106 Å². The Balaban J connectivity index is 2.33. The molecule has 2 aliphatic heterocycles. The minimum atomic E-state index is -1.78. The van der Waals surface area contributed by atoms with Crippen molar-refractivity contribution in [3.05, 3.63) is 0 Å². The Labute approximate surface area is 400 Å². The van der Waals surface area contributed by atoms with Gasteiger partial charge in [0.25, 0.3) is 0 Å². The molecule has 2 rings (SSSR count). The number of guanidine groups is 1. The molecule has 26 nitrogen and oxygen atoms in total. The van der Waals surface area contributed by atoms with Gasteiger partial charge in [-0.05, 0) is 69.1 Å². The average molecular weight is 980 g/mol. The summed E-state index contributed by atoms with van der Waals surface area (Å²) in [5, 5.41) is 34.3. The monoisotopic (exact) mass is 980 g/mol. The number of likely N-dealkylation sites (tertiary alicyclic amines) is 2. The van der Waals surface area contributed by atoms with Crippen molar-refractivity contribution < 1.29 is 63.0 Å². The van der Waals surface area contributed by atoms with Crippen LogP contribution in [0.3, 0.4) is 0 Å². The predicted octanol–water partition coefficient (Wildman–Crippen LogP) is -3.93. The molecule has 2 aliphatic rings. The molecule has 0 radical (unpaired) electrons. The van der Waals surface area contributed by atoms with E-state index in [1.165, 1.54) is 23.6 Å². The first-order valence-electron chi connectivity index (χ1n) is 23.2. The number of nitrogens with zero attached hydrogens (tertiary/aromatic N) is 3. The fourth-order valence-corrected chi connectivity index (χ4v) is 8.00. The molecule has 0 saturated carbocycles. The zero-order valence-electron chi connectivity index (χ0n) is 40.3. The van der Waals surface area contributed by atoms with E-state index in [-0.39, 0.29) is 76.6 Å². The topological polar surface area (TPSA) is 423 Å². The quantitative estimate of drug-likeness (QED) is 0.0202. The van der Waals surface area contributed by atoms with Gasteiger partial charge in [0.1, 0.15) is 48.3 Å². The Morgan fingerprint density at radius 2 is 1.17 bits per heavy atom. The van der Waals surface area contributed by atoms with Gasteiger partial charge in [0.15, 0.2) is 5.96 Å². The lowest BCUT2D eigenvalue weighted by Crippen LogP contribution is -2.61. The molecule has 2 heterocycles. The first-order chi connectivity index (χ1) is 32.3. The van der Waals surface area contributed by atoms with E-state index < -0.39 is 138 Å². The van der Waals surface area contributed by atoms with Crippen molar-refractivity contribution in [2.75, 3.05) is 26.2 Å². The van der Waals surface area contributed by atoms with Crippen LogP contribution in [-0.2, 0) is 52.7 Å². The molecule has 0 aromatic rings. The van der Waals surface area contributed by atoms with E-state index >= 15 is 0 Å². The standard InChI is InChI=1S/C43H73N13O13/c1-21(2)18-27(49-31(58)20-44)40(66)56-17-9-12-29(56)41(67)55-16-8-11-28(55)38(64)52-26(19-32(59)60)37(63)53-33(22(3)4)39(65)51-25(13-14-30(45)57)35(61)50-24(10-7-15-48-43(46)47)36(62)54-34(23(5)6)42(68)69/h21-29,33-34H,7-20,44H2,1-6H3,(H2,45,57)(H,49,58)(H,50,61)(H,51,65)(H,52,64)(H,53,63)(H,54,62)(H,59,60)(H,68,69)(H4,46,47,48)/t24-,25-,26-,27-,28-,29-,33-,34-/m0/s1. The summed E-state index contributed by atoms with van der Waals surface area (Å²) in [5.41, 5.74) is 21.6. The van der Waals surface area contributed by atoms with Gasteiger partial charge in [0.2, 0.25) is 53.2 Å². The molecule has 69 heavy (non-hydrogen) atoms. The fraction of sp³-hybridized carbons (Fsp3) is 0.721. The van der Waals surface area contributed by atoms with Crippen LogP contribution in [0.5, 0.6) is 0 Å². The van der Waals surface area contributed by atoms with Crippen LogP contribution < -0.4 is 54.8 Å². The van der Waals surface area contributed by atoms with Crippen LogP contribution in [0.15, 0.2) is 4.99 Å². The van der Waals surface area contributed by atoms with Crippen LogP contribution in [0.4, 0.5) is 0 Å². The number of carbonyl (C=O) groups is 11. The third-order valence-corrected chi connectivity index (χ3v) is 11.6. The van der Waals surface area contributed by atoms with Gasteiger partial charge < -0.3 is 74.8 Å². The van der Waals surface area contributed by atoms with Crippen molar-refractivity contribution in [3.8, 4) is 0 Å². The van der Waals surface area contributed by atoms with Gasteiger partial charge in [-0.25, -0.2) is 4.79 Å². The van der Waals surface area contributed by atoms with Crippen molar-refractivity contribution in [1.82, 2.24) is 41.7 Å². The Morgan fingerprint density at radius 1 is 0.638 bits per heavy atom. The lowest BCUT2D eigenvalue weighted by Gasteiger charge is -2.33. The van der Waals surface area contributed by atoms with E-state index in [0.717, 1.165) is 0 Å². The van der Waals surface area contributed by atoms with E-state index in [1.807, 2.05) is 13.8 Å².